The molecule has 7 aromatic carbocycles. The first-order valence-electron chi connectivity index (χ1n) is 18.3. The molecule has 0 N–H and O–H groups in total. The number of nitrogens with zero attached hydrogens (tertiary/aromatic N) is 2. The Hall–Kier alpha value is -5.21. The number of hydrogen-bond donors (Lipinski definition) is 0. The Morgan fingerprint density at radius 2 is 1.15 bits per heavy atom. The first-order valence-corrected chi connectivity index (χ1v) is 12.8. The van der Waals surface area contributed by atoms with Gasteiger partial charge in [-0.2, -0.15) is 0 Å². The molecule has 0 aliphatic rings. The second-order valence-electron chi connectivity index (χ2n) is 9.55. The number of benzene rings is 7. The van der Waals surface area contributed by atoms with Crippen molar-refractivity contribution in [2.45, 2.75) is 6.85 Å². The standard InChI is InChI=1S/C38H26N2/c1-25-39-34-22-9-11-24-36(34)40(25)35-23-10-8-20-33(35)38-31-18-6-4-16-29(31)37(30-17-5-7-19-32(30)38)28-21-12-14-26-13-2-3-15-27(26)28/h2-24H,1H3/i1D3,4D,5D,6D,7D,16D,17D,18D,19D. The monoisotopic (exact) mass is 521 g/mol. The molecule has 0 atom stereocenters. The fourth-order valence-electron chi connectivity index (χ4n) is 5.76. The summed E-state index contributed by atoms with van der Waals surface area (Å²) in [5.74, 6) is -0.235. The molecule has 40 heavy (non-hydrogen) atoms. The molecule has 8 aromatic rings. The van der Waals surface area contributed by atoms with Crippen molar-refractivity contribution in [1.29, 1.82) is 0 Å². The van der Waals surface area contributed by atoms with Gasteiger partial charge in [-0.15, -0.1) is 0 Å². The lowest BCUT2D eigenvalue weighted by Gasteiger charge is -2.21. The van der Waals surface area contributed by atoms with Gasteiger partial charge in [-0.3, -0.25) is 4.57 Å². The van der Waals surface area contributed by atoms with Crippen LogP contribution in [0.3, 0.4) is 0 Å². The lowest BCUT2D eigenvalue weighted by molar-refractivity contribution is 1.00. The average molecular weight is 522 g/mol. The van der Waals surface area contributed by atoms with Gasteiger partial charge < -0.3 is 0 Å². The maximum absolute atomic E-state index is 9.36. The average Bonchev–Trinajstić information content (AvgIpc) is 3.54. The predicted molar refractivity (Wildman–Crippen MR) is 169 cm³/mol. The normalized spacial score (nSPS) is 15.8. The van der Waals surface area contributed by atoms with Crippen LogP contribution in [0.25, 0.3) is 71.3 Å². The van der Waals surface area contributed by atoms with E-state index < -0.39 is 43.1 Å². The number of fused-ring (bicyclic) bond motifs is 4. The smallest absolute Gasteiger partial charge is 0.111 e. The van der Waals surface area contributed by atoms with E-state index in [0.717, 1.165) is 10.8 Å². The lowest BCUT2D eigenvalue weighted by Crippen LogP contribution is -2.00. The third-order valence-electron chi connectivity index (χ3n) is 7.41. The minimum atomic E-state index is -2.67. The first kappa shape index (κ1) is 14.3. The number of para-hydroxylation sites is 3. The van der Waals surface area contributed by atoms with Gasteiger partial charge in [-0.1, -0.05) is 121 Å². The molecule has 0 unspecified atom stereocenters. The Balaban J connectivity index is 1.69. The van der Waals surface area contributed by atoms with Crippen molar-refractivity contribution >= 4 is 43.4 Å². The number of imidazole rings is 1. The van der Waals surface area contributed by atoms with Crippen LogP contribution < -0.4 is 0 Å². The number of aromatic nitrogens is 2. The zero-order valence-electron chi connectivity index (χ0n) is 32.1. The largest absolute Gasteiger partial charge is 0.296 e. The van der Waals surface area contributed by atoms with Crippen LogP contribution in [0.4, 0.5) is 0 Å². The van der Waals surface area contributed by atoms with Crippen LogP contribution in [0.15, 0.2) is 139 Å². The Morgan fingerprint density at radius 1 is 0.575 bits per heavy atom. The summed E-state index contributed by atoms with van der Waals surface area (Å²) in [5, 5.41) is 1.78. The van der Waals surface area contributed by atoms with E-state index >= 15 is 0 Å². The number of hydrogen-bond acceptors (Lipinski definition) is 1. The second kappa shape index (κ2) is 8.93. The number of rotatable bonds is 3. The first-order chi connectivity index (χ1) is 24.3. The molecule has 0 radical (unpaired) electrons. The van der Waals surface area contributed by atoms with E-state index in [2.05, 4.69) is 4.98 Å². The SMILES string of the molecule is [2H]c1c([2H])c([2H])c2c(-c3cccc4ccccc34)c3c([2H])c([2H])c([2H])c([2H])c3c(-c3ccccc3-n3c(C([2H])([2H])[2H])nc4ccccc43)c2c1[2H]. The van der Waals surface area contributed by atoms with Gasteiger partial charge in [0, 0.05) is 9.68 Å². The van der Waals surface area contributed by atoms with Crippen molar-refractivity contribution in [1.82, 2.24) is 9.55 Å². The molecular formula is C38H26N2. The third kappa shape index (κ3) is 3.33. The highest BCUT2D eigenvalue weighted by Gasteiger charge is 2.20. The molecule has 1 heterocycles. The van der Waals surface area contributed by atoms with E-state index in [0.29, 0.717) is 27.8 Å². The maximum atomic E-state index is 9.36. The quantitative estimate of drug-likeness (QED) is 0.211. The summed E-state index contributed by atoms with van der Waals surface area (Å²) in [5.41, 5.74) is 2.38. The van der Waals surface area contributed by atoms with Crippen LogP contribution in [0.1, 0.15) is 20.9 Å². The Labute approximate surface area is 248 Å². The molecule has 0 saturated carbocycles. The summed E-state index contributed by atoms with van der Waals surface area (Å²) in [6.07, 6.45) is 0. The van der Waals surface area contributed by atoms with Crippen LogP contribution in [0.2, 0.25) is 0 Å². The third-order valence-corrected chi connectivity index (χ3v) is 7.41. The zero-order valence-corrected chi connectivity index (χ0v) is 21.1. The molecule has 0 fully saturated rings. The Bertz CT molecular complexity index is 2700. The molecule has 0 aliphatic heterocycles. The van der Waals surface area contributed by atoms with Crippen molar-refractivity contribution in [3.05, 3.63) is 145 Å². The summed E-state index contributed by atoms with van der Waals surface area (Å²) < 4.78 is 99.2. The minimum Gasteiger partial charge on any atom is -0.296 e. The summed E-state index contributed by atoms with van der Waals surface area (Å²) in [7, 11) is 0. The van der Waals surface area contributed by atoms with Gasteiger partial charge in [-0.25, -0.2) is 4.98 Å². The predicted octanol–water partition coefficient (Wildman–Crippen LogP) is 10.1. The molecule has 2 nitrogen and oxygen atoms in total. The molecular weight excluding hydrogens is 484 g/mol. The Kier molecular flexibility index (Phi) is 3.18. The summed E-state index contributed by atoms with van der Waals surface area (Å²) in [6, 6.07) is 23.0. The van der Waals surface area contributed by atoms with E-state index in [1.807, 2.05) is 30.3 Å². The minimum absolute atomic E-state index is 0.0359. The fourth-order valence-corrected chi connectivity index (χ4v) is 5.76. The second-order valence-corrected chi connectivity index (χ2v) is 9.55. The topological polar surface area (TPSA) is 17.8 Å². The maximum Gasteiger partial charge on any atom is 0.111 e. The van der Waals surface area contributed by atoms with Gasteiger partial charge in [0.15, 0.2) is 0 Å². The highest BCUT2D eigenvalue weighted by atomic mass is 15.1. The summed E-state index contributed by atoms with van der Waals surface area (Å²) in [6.45, 7) is -2.67. The molecule has 0 amide bonds. The molecule has 0 aliphatic carbocycles. The van der Waals surface area contributed by atoms with Gasteiger partial charge in [0.2, 0.25) is 0 Å². The van der Waals surface area contributed by atoms with Crippen molar-refractivity contribution in [3.63, 3.8) is 0 Å². The highest BCUT2D eigenvalue weighted by Crippen LogP contribution is 2.46. The van der Waals surface area contributed by atoms with Gasteiger partial charge in [0.05, 0.1) is 27.7 Å². The lowest BCUT2D eigenvalue weighted by atomic mass is 9.84. The van der Waals surface area contributed by atoms with Crippen LogP contribution in [0.5, 0.6) is 0 Å². The van der Waals surface area contributed by atoms with E-state index in [1.165, 1.54) is 4.57 Å². The molecule has 8 rings (SSSR count). The summed E-state index contributed by atoms with van der Waals surface area (Å²) in [4.78, 5) is 4.47. The fraction of sp³-hybridized carbons (Fsp3) is 0.0263. The summed E-state index contributed by atoms with van der Waals surface area (Å²) >= 11 is 0. The van der Waals surface area contributed by atoms with Gasteiger partial charge in [0.1, 0.15) is 5.82 Å². The van der Waals surface area contributed by atoms with Gasteiger partial charge in [0.25, 0.3) is 0 Å². The van der Waals surface area contributed by atoms with Crippen LogP contribution in [0, 0.1) is 6.85 Å². The van der Waals surface area contributed by atoms with Gasteiger partial charge in [-0.05, 0) is 74.1 Å². The highest BCUT2D eigenvalue weighted by molar-refractivity contribution is 6.24. The van der Waals surface area contributed by atoms with Crippen molar-refractivity contribution < 1.29 is 15.1 Å². The van der Waals surface area contributed by atoms with Crippen LogP contribution in [-0.2, 0) is 0 Å². The van der Waals surface area contributed by atoms with E-state index in [4.69, 9.17) is 9.60 Å². The molecule has 0 bridgehead atoms. The van der Waals surface area contributed by atoms with E-state index in [9.17, 15) is 5.48 Å². The molecule has 0 saturated heterocycles. The van der Waals surface area contributed by atoms with Crippen LogP contribution >= 0.6 is 0 Å². The molecule has 2 heteroatoms. The van der Waals surface area contributed by atoms with Crippen LogP contribution in [-0.4, -0.2) is 9.55 Å². The number of aryl methyl sites for hydroxylation is 1. The molecule has 188 valence electrons. The van der Waals surface area contributed by atoms with Crippen molar-refractivity contribution in [3.8, 4) is 27.9 Å². The molecule has 1 aromatic heterocycles. The Morgan fingerprint density at radius 3 is 1.90 bits per heavy atom. The van der Waals surface area contributed by atoms with E-state index in [1.54, 1.807) is 60.7 Å². The van der Waals surface area contributed by atoms with Crippen molar-refractivity contribution in [2.24, 2.45) is 0 Å². The van der Waals surface area contributed by atoms with Gasteiger partial charge >= 0.3 is 0 Å². The zero-order chi connectivity index (χ0) is 36.1. The van der Waals surface area contributed by atoms with E-state index in [-0.39, 0.29) is 50.6 Å². The molecule has 0 spiro atoms. The van der Waals surface area contributed by atoms with Crippen molar-refractivity contribution in [2.75, 3.05) is 0 Å².